The number of nitro groups is 2. The number of aromatic nitrogens is 1. The predicted molar refractivity (Wildman–Crippen MR) is 127 cm³/mol. The number of fused-ring (bicyclic) bond motifs is 1. The highest BCUT2D eigenvalue weighted by Crippen LogP contribution is 2.22. The third-order valence-corrected chi connectivity index (χ3v) is 5.25. The molecule has 3 aromatic carbocycles. The second-order valence-corrected chi connectivity index (χ2v) is 7.51. The van der Waals surface area contributed by atoms with E-state index in [0.717, 1.165) is 22.0 Å². The van der Waals surface area contributed by atoms with Crippen LogP contribution in [0.5, 0.6) is 0 Å². The summed E-state index contributed by atoms with van der Waals surface area (Å²) in [7, 11) is 0. The lowest BCUT2D eigenvalue weighted by Crippen LogP contribution is -2.20. The van der Waals surface area contributed by atoms with E-state index in [-0.39, 0.29) is 17.8 Å². The molecule has 0 saturated carbocycles. The minimum Gasteiger partial charge on any atom is -0.342 e. The molecular weight excluding hydrogens is 438 g/mol. The van der Waals surface area contributed by atoms with E-state index in [2.05, 4.69) is 10.5 Å². The van der Waals surface area contributed by atoms with Crippen LogP contribution in [0.25, 0.3) is 10.9 Å². The number of carbonyl (C=O) groups is 1. The van der Waals surface area contributed by atoms with E-state index >= 15 is 0 Å². The molecule has 0 spiro atoms. The van der Waals surface area contributed by atoms with Crippen molar-refractivity contribution in [2.24, 2.45) is 5.10 Å². The van der Waals surface area contributed by atoms with Gasteiger partial charge < -0.3 is 4.57 Å². The quantitative estimate of drug-likeness (QED) is 0.241. The summed E-state index contributed by atoms with van der Waals surface area (Å²) in [6, 6.07) is 20.1. The average molecular weight is 457 g/mol. The van der Waals surface area contributed by atoms with Gasteiger partial charge in [0, 0.05) is 53.0 Å². The fourth-order valence-electron chi connectivity index (χ4n) is 3.65. The van der Waals surface area contributed by atoms with Crippen LogP contribution in [0.3, 0.4) is 0 Å². The number of non-ortho nitro benzene ring substituents is 1. The maximum Gasteiger partial charge on any atom is 0.273 e. The number of nitrogens with zero attached hydrogens (tertiary/aromatic N) is 4. The van der Waals surface area contributed by atoms with E-state index in [1.807, 2.05) is 35.0 Å². The van der Waals surface area contributed by atoms with E-state index in [1.165, 1.54) is 30.5 Å². The molecule has 1 N–H and O–H groups in total. The molecule has 0 atom stereocenters. The van der Waals surface area contributed by atoms with Gasteiger partial charge >= 0.3 is 0 Å². The van der Waals surface area contributed by atoms with Gasteiger partial charge in [0.2, 0.25) is 5.91 Å². The molecule has 0 radical (unpaired) electrons. The Kier molecular flexibility index (Phi) is 6.40. The van der Waals surface area contributed by atoms with Gasteiger partial charge in [0.15, 0.2) is 0 Å². The van der Waals surface area contributed by atoms with E-state index in [4.69, 9.17) is 0 Å². The van der Waals surface area contributed by atoms with E-state index < -0.39 is 15.8 Å². The summed E-state index contributed by atoms with van der Waals surface area (Å²) in [5, 5.41) is 26.9. The Balaban J connectivity index is 1.50. The number of carbonyl (C=O) groups excluding carboxylic acids is 1. The first-order valence-corrected chi connectivity index (χ1v) is 10.3. The lowest BCUT2D eigenvalue weighted by Gasteiger charge is -2.05. The Morgan fingerprint density at radius 3 is 2.38 bits per heavy atom. The lowest BCUT2D eigenvalue weighted by atomic mass is 10.1. The normalized spacial score (nSPS) is 11.1. The summed E-state index contributed by atoms with van der Waals surface area (Å²) in [5.41, 5.74) is 5.25. The molecule has 1 aromatic heterocycles. The van der Waals surface area contributed by atoms with Gasteiger partial charge in [0.1, 0.15) is 0 Å². The van der Waals surface area contributed by atoms with Gasteiger partial charge in [-0.1, -0.05) is 48.5 Å². The first kappa shape index (κ1) is 22.3. The highest BCUT2D eigenvalue weighted by molar-refractivity contribution is 5.99. The van der Waals surface area contributed by atoms with Gasteiger partial charge in [0.25, 0.3) is 11.4 Å². The van der Waals surface area contributed by atoms with Gasteiger partial charge in [-0.15, -0.1) is 0 Å². The van der Waals surface area contributed by atoms with Crippen molar-refractivity contribution in [3.63, 3.8) is 0 Å². The molecule has 0 aliphatic rings. The number of hydrogen-bond donors (Lipinski definition) is 1. The van der Waals surface area contributed by atoms with Crippen LogP contribution in [0.15, 0.2) is 84.1 Å². The molecule has 0 saturated heterocycles. The third kappa shape index (κ3) is 4.96. The number of nitrogens with one attached hydrogen (secondary N) is 1. The van der Waals surface area contributed by atoms with E-state index in [0.29, 0.717) is 12.1 Å². The number of para-hydroxylation sites is 2. The average Bonchev–Trinajstić information content (AvgIpc) is 3.17. The molecule has 34 heavy (non-hydrogen) atoms. The number of amides is 1. The SMILES string of the molecule is O=C(Cc1ccccc1[N+](=O)[O-])N/N=C/c1cn(Cc2ccc([N+](=O)[O-])cc2)c2ccccc12. The summed E-state index contributed by atoms with van der Waals surface area (Å²) < 4.78 is 1.99. The summed E-state index contributed by atoms with van der Waals surface area (Å²) in [6.07, 6.45) is 3.23. The number of benzene rings is 3. The Hall–Kier alpha value is -4.86. The van der Waals surface area contributed by atoms with E-state index in [1.54, 1.807) is 24.3 Å². The Labute approximate surface area is 193 Å². The van der Waals surface area contributed by atoms with Gasteiger partial charge in [-0.3, -0.25) is 25.0 Å². The second kappa shape index (κ2) is 9.74. The van der Waals surface area contributed by atoms with Crippen LogP contribution in [-0.4, -0.2) is 26.5 Å². The van der Waals surface area contributed by atoms with Crippen molar-refractivity contribution in [3.05, 3.63) is 116 Å². The molecular formula is C24H19N5O5. The van der Waals surface area contributed by atoms with E-state index in [9.17, 15) is 25.0 Å². The monoisotopic (exact) mass is 457 g/mol. The second-order valence-electron chi connectivity index (χ2n) is 7.51. The molecule has 4 aromatic rings. The Morgan fingerprint density at radius 2 is 1.65 bits per heavy atom. The largest absolute Gasteiger partial charge is 0.342 e. The van der Waals surface area contributed by atoms with Crippen LogP contribution >= 0.6 is 0 Å². The molecule has 1 heterocycles. The van der Waals surface area contributed by atoms with Crippen LogP contribution < -0.4 is 5.43 Å². The molecule has 0 unspecified atom stereocenters. The fourth-order valence-corrected chi connectivity index (χ4v) is 3.65. The van der Waals surface area contributed by atoms with Crippen LogP contribution in [0, 0.1) is 20.2 Å². The maximum atomic E-state index is 12.3. The number of hydrazone groups is 1. The topological polar surface area (TPSA) is 133 Å². The minimum atomic E-state index is -0.522. The number of rotatable bonds is 8. The van der Waals surface area contributed by atoms with Crippen molar-refractivity contribution in [2.45, 2.75) is 13.0 Å². The highest BCUT2D eigenvalue weighted by atomic mass is 16.6. The third-order valence-electron chi connectivity index (χ3n) is 5.25. The molecule has 10 nitrogen and oxygen atoms in total. The number of hydrogen-bond acceptors (Lipinski definition) is 6. The van der Waals surface area contributed by atoms with Crippen LogP contribution in [0.2, 0.25) is 0 Å². The smallest absolute Gasteiger partial charge is 0.273 e. The van der Waals surface area contributed by atoms with Crippen LogP contribution in [-0.2, 0) is 17.8 Å². The molecule has 0 bridgehead atoms. The van der Waals surface area contributed by atoms with Crippen LogP contribution in [0.4, 0.5) is 11.4 Å². The minimum absolute atomic E-state index is 0.0329. The maximum absolute atomic E-state index is 12.3. The molecule has 0 aliphatic carbocycles. The van der Waals surface area contributed by atoms with Gasteiger partial charge in [-0.25, -0.2) is 5.43 Å². The van der Waals surface area contributed by atoms with Gasteiger partial charge in [-0.2, -0.15) is 5.10 Å². The first-order valence-electron chi connectivity index (χ1n) is 10.3. The zero-order valence-corrected chi connectivity index (χ0v) is 17.8. The van der Waals surface area contributed by atoms with Crippen molar-refractivity contribution in [1.29, 1.82) is 0 Å². The van der Waals surface area contributed by atoms with Crippen molar-refractivity contribution in [2.75, 3.05) is 0 Å². The number of nitro benzene ring substituents is 2. The standard InChI is InChI=1S/C24H19N5O5/c30-24(13-18-5-1-3-7-22(18)29(33)34)26-25-14-19-16-27(23-8-4-2-6-21(19)23)15-17-9-11-20(12-10-17)28(31)32/h1-12,14,16H,13,15H2,(H,26,30)/b25-14+. The zero-order chi connectivity index (χ0) is 24.1. The zero-order valence-electron chi connectivity index (χ0n) is 17.8. The van der Waals surface area contributed by atoms with Crippen molar-refractivity contribution in [3.8, 4) is 0 Å². The summed E-state index contributed by atoms with van der Waals surface area (Å²) in [4.78, 5) is 33.3. The molecule has 170 valence electrons. The summed E-state index contributed by atoms with van der Waals surface area (Å²) in [5.74, 6) is -0.472. The Morgan fingerprint density at radius 1 is 0.941 bits per heavy atom. The van der Waals surface area contributed by atoms with Crippen LogP contribution in [0.1, 0.15) is 16.7 Å². The summed E-state index contributed by atoms with van der Waals surface area (Å²) >= 11 is 0. The fraction of sp³-hybridized carbons (Fsp3) is 0.0833. The molecule has 1 amide bonds. The first-order chi connectivity index (χ1) is 16.4. The molecule has 0 aliphatic heterocycles. The lowest BCUT2D eigenvalue weighted by molar-refractivity contribution is -0.385. The summed E-state index contributed by atoms with van der Waals surface area (Å²) in [6.45, 7) is 0.496. The Bertz CT molecular complexity index is 1410. The van der Waals surface area contributed by atoms with Crippen molar-refractivity contribution >= 4 is 34.4 Å². The van der Waals surface area contributed by atoms with Crippen molar-refractivity contribution in [1.82, 2.24) is 9.99 Å². The van der Waals surface area contributed by atoms with Gasteiger partial charge in [-0.05, 0) is 11.6 Å². The van der Waals surface area contributed by atoms with Crippen molar-refractivity contribution < 1.29 is 14.6 Å². The predicted octanol–water partition coefficient (Wildman–Crippen LogP) is 4.20. The highest BCUT2D eigenvalue weighted by Gasteiger charge is 2.15. The molecule has 0 fully saturated rings. The molecule has 10 heteroatoms. The molecule has 4 rings (SSSR count). The van der Waals surface area contributed by atoms with Gasteiger partial charge in [0.05, 0.1) is 22.5 Å².